The van der Waals surface area contributed by atoms with Crippen LogP contribution in [0.3, 0.4) is 0 Å². The standard InChI is InChI=1S/C13H22N4/c1-10-6-16(7-11(2)15-10)8-13-5-14-9-17(13)12-3-4-12/h5,9-12,15H,3-4,6-8H2,1-2H3. The second kappa shape index (κ2) is 4.42. The molecule has 0 bridgehead atoms. The summed E-state index contributed by atoms with van der Waals surface area (Å²) in [5, 5.41) is 3.57. The van der Waals surface area contributed by atoms with Crippen molar-refractivity contribution in [3.63, 3.8) is 0 Å². The van der Waals surface area contributed by atoms with E-state index in [9.17, 15) is 0 Å². The molecule has 1 saturated heterocycles. The molecule has 94 valence electrons. The first-order valence-electron chi connectivity index (χ1n) is 6.71. The third kappa shape index (κ3) is 2.53. The SMILES string of the molecule is CC1CN(Cc2cncn2C2CC2)CC(C)N1. The number of nitrogens with zero attached hydrogens (tertiary/aromatic N) is 3. The lowest BCUT2D eigenvalue weighted by Crippen LogP contribution is -2.53. The number of piperazine rings is 1. The van der Waals surface area contributed by atoms with Crippen molar-refractivity contribution < 1.29 is 0 Å². The lowest BCUT2D eigenvalue weighted by atomic mass is 10.1. The molecular formula is C13H22N4. The van der Waals surface area contributed by atoms with E-state index in [0.29, 0.717) is 12.1 Å². The van der Waals surface area contributed by atoms with Gasteiger partial charge in [0.15, 0.2) is 0 Å². The van der Waals surface area contributed by atoms with Crippen LogP contribution in [0.5, 0.6) is 0 Å². The molecule has 2 fully saturated rings. The van der Waals surface area contributed by atoms with Crippen molar-refractivity contribution in [3.05, 3.63) is 18.2 Å². The highest BCUT2D eigenvalue weighted by atomic mass is 15.2. The fourth-order valence-corrected chi connectivity index (χ4v) is 2.93. The summed E-state index contributed by atoms with van der Waals surface area (Å²) < 4.78 is 2.37. The van der Waals surface area contributed by atoms with Crippen molar-refractivity contribution in [1.82, 2.24) is 19.8 Å². The maximum Gasteiger partial charge on any atom is 0.0951 e. The Balaban J connectivity index is 1.67. The lowest BCUT2D eigenvalue weighted by Gasteiger charge is -2.36. The van der Waals surface area contributed by atoms with Crippen molar-refractivity contribution in [2.24, 2.45) is 0 Å². The van der Waals surface area contributed by atoms with E-state index in [0.717, 1.165) is 25.7 Å². The van der Waals surface area contributed by atoms with E-state index in [1.54, 1.807) is 0 Å². The number of nitrogens with one attached hydrogen (secondary N) is 1. The third-order valence-corrected chi connectivity index (χ3v) is 3.71. The molecule has 1 N–H and O–H groups in total. The number of hydrogen-bond donors (Lipinski definition) is 1. The zero-order valence-electron chi connectivity index (χ0n) is 10.8. The van der Waals surface area contributed by atoms with Crippen LogP contribution in [0.15, 0.2) is 12.5 Å². The van der Waals surface area contributed by atoms with Gasteiger partial charge in [-0.25, -0.2) is 4.98 Å². The van der Waals surface area contributed by atoms with Crippen molar-refractivity contribution >= 4 is 0 Å². The van der Waals surface area contributed by atoms with Crippen LogP contribution in [0.25, 0.3) is 0 Å². The maximum atomic E-state index is 4.31. The second-order valence-corrected chi connectivity index (χ2v) is 5.69. The summed E-state index contributed by atoms with van der Waals surface area (Å²) in [5.74, 6) is 0. The van der Waals surface area contributed by atoms with Crippen molar-refractivity contribution in [3.8, 4) is 0 Å². The van der Waals surface area contributed by atoms with Crippen LogP contribution in [-0.4, -0.2) is 39.6 Å². The molecule has 4 heteroatoms. The molecule has 0 amide bonds. The molecule has 4 nitrogen and oxygen atoms in total. The summed E-state index contributed by atoms with van der Waals surface area (Å²) in [6, 6.07) is 1.93. The van der Waals surface area contributed by atoms with E-state index in [1.807, 2.05) is 12.5 Å². The quantitative estimate of drug-likeness (QED) is 0.858. The van der Waals surface area contributed by atoms with Crippen LogP contribution in [0.4, 0.5) is 0 Å². The molecule has 2 unspecified atom stereocenters. The first-order chi connectivity index (χ1) is 8.22. The Morgan fingerprint density at radius 2 is 2.00 bits per heavy atom. The van der Waals surface area contributed by atoms with E-state index in [4.69, 9.17) is 0 Å². The third-order valence-electron chi connectivity index (χ3n) is 3.71. The summed E-state index contributed by atoms with van der Waals surface area (Å²) in [7, 11) is 0. The Morgan fingerprint density at radius 1 is 1.29 bits per heavy atom. The van der Waals surface area contributed by atoms with Crippen LogP contribution in [0.2, 0.25) is 0 Å². The number of imidazole rings is 1. The van der Waals surface area contributed by atoms with Gasteiger partial charge in [-0.2, -0.15) is 0 Å². The topological polar surface area (TPSA) is 33.1 Å². The normalized spacial score (nSPS) is 30.7. The van der Waals surface area contributed by atoms with Crippen LogP contribution in [-0.2, 0) is 6.54 Å². The van der Waals surface area contributed by atoms with Gasteiger partial charge < -0.3 is 9.88 Å². The van der Waals surface area contributed by atoms with Gasteiger partial charge in [0.1, 0.15) is 0 Å². The molecule has 1 saturated carbocycles. The number of rotatable bonds is 3. The minimum absolute atomic E-state index is 0.594. The summed E-state index contributed by atoms with van der Waals surface area (Å²) in [5.41, 5.74) is 1.38. The molecule has 2 atom stereocenters. The molecule has 1 aliphatic heterocycles. The average Bonchev–Trinajstić information content (AvgIpc) is 2.99. The van der Waals surface area contributed by atoms with Crippen molar-refractivity contribution in [2.45, 2.75) is 51.4 Å². The highest BCUT2D eigenvalue weighted by molar-refractivity contribution is 5.04. The average molecular weight is 234 g/mol. The minimum Gasteiger partial charge on any atom is -0.330 e. The summed E-state index contributed by atoms with van der Waals surface area (Å²) in [6.45, 7) is 7.86. The van der Waals surface area contributed by atoms with E-state index in [1.165, 1.54) is 18.5 Å². The van der Waals surface area contributed by atoms with E-state index in [2.05, 4.69) is 33.6 Å². The maximum absolute atomic E-state index is 4.31. The molecule has 2 aliphatic rings. The molecule has 2 heterocycles. The Labute approximate surface area is 103 Å². The Morgan fingerprint density at radius 3 is 2.65 bits per heavy atom. The molecule has 0 radical (unpaired) electrons. The highest BCUT2D eigenvalue weighted by Gasteiger charge is 2.27. The Kier molecular flexibility index (Phi) is 2.92. The van der Waals surface area contributed by atoms with Gasteiger partial charge in [-0.3, -0.25) is 4.90 Å². The van der Waals surface area contributed by atoms with Crippen LogP contribution in [0, 0.1) is 0 Å². The lowest BCUT2D eigenvalue weighted by molar-refractivity contribution is 0.163. The van der Waals surface area contributed by atoms with Crippen LogP contribution < -0.4 is 5.32 Å². The first-order valence-corrected chi connectivity index (χ1v) is 6.71. The van der Waals surface area contributed by atoms with E-state index < -0.39 is 0 Å². The van der Waals surface area contributed by atoms with Gasteiger partial charge in [0, 0.05) is 44.0 Å². The Hall–Kier alpha value is -0.870. The number of aromatic nitrogens is 2. The fourth-order valence-electron chi connectivity index (χ4n) is 2.93. The number of hydrogen-bond acceptors (Lipinski definition) is 3. The van der Waals surface area contributed by atoms with Gasteiger partial charge in [-0.05, 0) is 26.7 Å². The summed E-state index contributed by atoms with van der Waals surface area (Å²) in [4.78, 5) is 6.85. The molecular weight excluding hydrogens is 212 g/mol. The van der Waals surface area contributed by atoms with E-state index >= 15 is 0 Å². The van der Waals surface area contributed by atoms with Crippen molar-refractivity contribution in [1.29, 1.82) is 0 Å². The summed E-state index contributed by atoms with van der Waals surface area (Å²) in [6.07, 6.45) is 6.70. The van der Waals surface area contributed by atoms with Gasteiger partial charge in [0.2, 0.25) is 0 Å². The van der Waals surface area contributed by atoms with Gasteiger partial charge in [-0.15, -0.1) is 0 Å². The van der Waals surface area contributed by atoms with E-state index in [-0.39, 0.29) is 0 Å². The van der Waals surface area contributed by atoms with Gasteiger partial charge in [0.25, 0.3) is 0 Å². The minimum atomic E-state index is 0.594. The molecule has 3 rings (SSSR count). The summed E-state index contributed by atoms with van der Waals surface area (Å²) >= 11 is 0. The molecule has 1 aromatic heterocycles. The van der Waals surface area contributed by atoms with Gasteiger partial charge in [-0.1, -0.05) is 0 Å². The highest BCUT2D eigenvalue weighted by Crippen LogP contribution is 2.35. The largest absolute Gasteiger partial charge is 0.330 e. The van der Waals surface area contributed by atoms with Gasteiger partial charge in [0.05, 0.1) is 12.0 Å². The van der Waals surface area contributed by atoms with Crippen LogP contribution >= 0.6 is 0 Å². The Bertz CT molecular complexity index is 373. The molecule has 1 aromatic rings. The van der Waals surface area contributed by atoms with Gasteiger partial charge >= 0.3 is 0 Å². The zero-order chi connectivity index (χ0) is 11.8. The monoisotopic (exact) mass is 234 g/mol. The van der Waals surface area contributed by atoms with Crippen molar-refractivity contribution in [2.75, 3.05) is 13.1 Å². The fraction of sp³-hybridized carbons (Fsp3) is 0.769. The second-order valence-electron chi connectivity index (χ2n) is 5.69. The predicted octanol–water partition coefficient (Wildman–Crippen LogP) is 1.40. The molecule has 0 aromatic carbocycles. The van der Waals surface area contributed by atoms with Crippen LogP contribution in [0.1, 0.15) is 38.4 Å². The molecule has 0 spiro atoms. The first kappa shape index (κ1) is 11.2. The molecule has 17 heavy (non-hydrogen) atoms. The smallest absolute Gasteiger partial charge is 0.0951 e. The predicted molar refractivity (Wildman–Crippen MR) is 67.8 cm³/mol. The zero-order valence-corrected chi connectivity index (χ0v) is 10.8. The molecule has 1 aliphatic carbocycles.